The molecule has 3 aromatic rings. The van der Waals surface area contributed by atoms with Gasteiger partial charge in [0.25, 0.3) is 0 Å². The highest BCUT2D eigenvalue weighted by atomic mass is 32.2. The minimum absolute atomic E-state index is 0.100. The zero-order valence-electron chi connectivity index (χ0n) is 18.0. The summed E-state index contributed by atoms with van der Waals surface area (Å²) < 4.78 is 16.1. The SMILES string of the molecule is Cc1cc(C(=O)CSc2nnc(C3CC3)n2C)c(C)n1C[C@@H]1COc2ccccc2O1. The van der Waals surface area contributed by atoms with E-state index in [9.17, 15) is 4.79 Å². The van der Waals surface area contributed by atoms with E-state index in [2.05, 4.69) is 14.8 Å². The normalized spacial score (nSPS) is 17.7. The first-order chi connectivity index (χ1) is 15.0. The Hall–Kier alpha value is -2.74. The number of carbonyl (C=O) groups excluding carboxylic acids is 1. The maximum absolute atomic E-state index is 13.0. The molecule has 0 bridgehead atoms. The average Bonchev–Trinajstić information content (AvgIpc) is 3.50. The fourth-order valence-electron chi connectivity index (χ4n) is 4.08. The molecule has 0 amide bonds. The number of benzene rings is 1. The van der Waals surface area contributed by atoms with E-state index in [0.29, 0.717) is 24.8 Å². The van der Waals surface area contributed by atoms with Gasteiger partial charge in [0, 0.05) is 29.9 Å². The van der Waals surface area contributed by atoms with Gasteiger partial charge in [-0.2, -0.15) is 0 Å². The molecular weight excluding hydrogens is 412 g/mol. The monoisotopic (exact) mass is 438 g/mol. The number of aromatic nitrogens is 4. The van der Waals surface area contributed by atoms with Crippen LogP contribution in [0.5, 0.6) is 11.5 Å². The summed E-state index contributed by atoms with van der Waals surface area (Å²) in [5.41, 5.74) is 2.76. The van der Waals surface area contributed by atoms with Crippen molar-refractivity contribution in [3.8, 4) is 11.5 Å². The van der Waals surface area contributed by atoms with Crippen molar-refractivity contribution in [2.24, 2.45) is 7.05 Å². The molecule has 1 saturated carbocycles. The summed E-state index contributed by atoms with van der Waals surface area (Å²) in [7, 11) is 1.98. The number of Topliss-reactive ketones (excluding diaryl/α,β-unsaturated/α-hetero) is 1. The predicted molar refractivity (Wildman–Crippen MR) is 118 cm³/mol. The van der Waals surface area contributed by atoms with Crippen LogP contribution in [0.3, 0.4) is 0 Å². The lowest BCUT2D eigenvalue weighted by Crippen LogP contribution is -2.33. The highest BCUT2D eigenvalue weighted by molar-refractivity contribution is 7.99. The minimum Gasteiger partial charge on any atom is -0.486 e. The number of fused-ring (bicyclic) bond motifs is 1. The molecule has 8 heteroatoms. The molecule has 1 atom stereocenters. The summed E-state index contributed by atoms with van der Waals surface area (Å²) in [4.78, 5) is 13.0. The molecule has 1 aliphatic carbocycles. The van der Waals surface area contributed by atoms with Crippen molar-refractivity contribution < 1.29 is 14.3 Å². The number of thioether (sulfide) groups is 1. The molecule has 0 spiro atoms. The Kier molecular flexibility index (Phi) is 5.25. The lowest BCUT2D eigenvalue weighted by Gasteiger charge is -2.27. The topological polar surface area (TPSA) is 71.2 Å². The molecule has 31 heavy (non-hydrogen) atoms. The van der Waals surface area contributed by atoms with Crippen molar-refractivity contribution in [2.45, 2.75) is 50.4 Å². The molecule has 1 fully saturated rings. The highest BCUT2D eigenvalue weighted by Crippen LogP contribution is 2.39. The molecule has 0 saturated heterocycles. The fraction of sp³-hybridized carbons (Fsp3) is 0.435. The third kappa shape index (κ3) is 3.96. The van der Waals surface area contributed by atoms with Gasteiger partial charge in [-0.1, -0.05) is 23.9 Å². The second kappa shape index (κ2) is 8.07. The number of nitrogens with zero attached hydrogens (tertiary/aromatic N) is 4. The predicted octanol–water partition coefficient (Wildman–Crippen LogP) is 3.93. The van der Waals surface area contributed by atoms with Crippen LogP contribution < -0.4 is 9.47 Å². The summed E-state index contributed by atoms with van der Waals surface area (Å²) >= 11 is 1.45. The van der Waals surface area contributed by atoms with Crippen LogP contribution in [0.25, 0.3) is 0 Å². The fourth-order valence-corrected chi connectivity index (χ4v) is 4.88. The quantitative estimate of drug-likeness (QED) is 0.411. The van der Waals surface area contributed by atoms with Crippen LogP contribution in [0.1, 0.15) is 46.3 Å². The number of rotatable bonds is 7. The zero-order valence-corrected chi connectivity index (χ0v) is 18.8. The van der Waals surface area contributed by atoms with Gasteiger partial charge in [-0.15, -0.1) is 10.2 Å². The number of ether oxygens (including phenoxy) is 2. The Bertz CT molecular complexity index is 1130. The van der Waals surface area contributed by atoms with Gasteiger partial charge in [0.15, 0.2) is 28.5 Å². The van der Waals surface area contributed by atoms with Crippen molar-refractivity contribution in [3.05, 3.63) is 53.1 Å². The third-order valence-electron chi connectivity index (χ3n) is 5.97. The van der Waals surface area contributed by atoms with Crippen LogP contribution >= 0.6 is 11.8 Å². The number of aryl methyl sites for hydroxylation is 1. The first-order valence-corrected chi connectivity index (χ1v) is 11.6. The molecule has 5 rings (SSSR count). The van der Waals surface area contributed by atoms with E-state index in [1.807, 2.05) is 55.8 Å². The Morgan fingerprint density at radius 1 is 1.19 bits per heavy atom. The van der Waals surface area contributed by atoms with Crippen molar-refractivity contribution in [1.29, 1.82) is 0 Å². The molecule has 0 radical (unpaired) electrons. The zero-order chi connectivity index (χ0) is 21.5. The van der Waals surface area contributed by atoms with E-state index in [4.69, 9.17) is 9.47 Å². The van der Waals surface area contributed by atoms with Gasteiger partial charge in [-0.05, 0) is 44.9 Å². The average molecular weight is 439 g/mol. The molecule has 0 N–H and O–H groups in total. The molecule has 2 aromatic heterocycles. The second-order valence-corrected chi connectivity index (χ2v) is 9.22. The van der Waals surface area contributed by atoms with E-state index >= 15 is 0 Å². The van der Waals surface area contributed by atoms with Crippen molar-refractivity contribution in [3.63, 3.8) is 0 Å². The summed E-state index contributed by atoms with van der Waals surface area (Å²) in [6.07, 6.45) is 2.27. The minimum atomic E-state index is -0.100. The largest absolute Gasteiger partial charge is 0.486 e. The van der Waals surface area contributed by atoms with Crippen LogP contribution in [0.4, 0.5) is 0 Å². The summed E-state index contributed by atoms with van der Waals surface area (Å²) in [6.45, 7) is 5.15. The van der Waals surface area contributed by atoms with E-state index in [1.165, 1.54) is 24.6 Å². The number of hydrogen-bond acceptors (Lipinski definition) is 6. The summed E-state index contributed by atoms with van der Waals surface area (Å²) in [5.74, 6) is 3.57. The summed E-state index contributed by atoms with van der Waals surface area (Å²) in [5, 5.41) is 9.37. The third-order valence-corrected chi connectivity index (χ3v) is 6.99. The van der Waals surface area contributed by atoms with Crippen molar-refractivity contribution >= 4 is 17.5 Å². The second-order valence-electron chi connectivity index (χ2n) is 8.28. The molecule has 1 aromatic carbocycles. The van der Waals surface area contributed by atoms with Gasteiger partial charge in [0.2, 0.25) is 0 Å². The van der Waals surface area contributed by atoms with Gasteiger partial charge in [0.1, 0.15) is 12.4 Å². The van der Waals surface area contributed by atoms with Crippen LogP contribution in [-0.4, -0.2) is 43.6 Å². The highest BCUT2D eigenvalue weighted by Gasteiger charge is 2.29. The number of para-hydroxylation sites is 2. The van der Waals surface area contributed by atoms with Crippen LogP contribution in [0.2, 0.25) is 0 Å². The Morgan fingerprint density at radius 2 is 1.97 bits per heavy atom. The van der Waals surface area contributed by atoms with E-state index in [1.54, 1.807) is 0 Å². The number of ketones is 1. The van der Waals surface area contributed by atoms with Crippen molar-refractivity contribution in [1.82, 2.24) is 19.3 Å². The molecule has 0 unspecified atom stereocenters. The van der Waals surface area contributed by atoms with Crippen molar-refractivity contribution in [2.75, 3.05) is 12.4 Å². The standard InChI is InChI=1S/C23H26N4O3S/c1-14-10-18(19(28)13-31-23-25-24-22(26(23)3)16-8-9-16)15(2)27(14)11-17-12-29-20-6-4-5-7-21(20)30-17/h4-7,10,16-17H,8-9,11-13H2,1-3H3/t17-/m1/s1. The maximum atomic E-state index is 13.0. The molecule has 162 valence electrons. The van der Waals surface area contributed by atoms with Gasteiger partial charge in [-0.25, -0.2) is 0 Å². The van der Waals surface area contributed by atoms with Gasteiger partial charge in [0.05, 0.1) is 12.3 Å². The van der Waals surface area contributed by atoms with Crippen LogP contribution in [0.15, 0.2) is 35.5 Å². The lowest BCUT2D eigenvalue weighted by molar-refractivity contribution is 0.0777. The summed E-state index contributed by atoms with van der Waals surface area (Å²) in [6, 6.07) is 9.69. The van der Waals surface area contributed by atoms with E-state index < -0.39 is 0 Å². The maximum Gasteiger partial charge on any atom is 0.191 e. The molecule has 3 heterocycles. The van der Waals surface area contributed by atoms with Gasteiger partial charge < -0.3 is 18.6 Å². The molecule has 2 aliphatic rings. The van der Waals surface area contributed by atoms with E-state index in [0.717, 1.165) is 39.4 Å². The molecule has 7 nitrogen and oxygen atoms in total. The van der Waals surface area contributed by atoms with Gasteiger partial charge >= 0.3 is 0 Å². The Morgan fingerprint density at radius 3 is 2.74 bits per heavy atom. The number of carbonyl (C=O) groups is 1. The molecule has 1 aliphatic heterocycles. The number of hydrogen-bond donors (Lipinski definition) is 0. The lowest BCUT2D eigenvalue weighted by atomic mass is 10.2. The smallest absolute Gasteiger partial charge is 0.191 e. The van der Waals surface area contributed by atoms with E-state index in [-0.39, 0.29) is 11.9 Å². The first-order valence-electron chi connectivity index (χ1n) is 10.6. The Balaban J connectivity index is 1.26. The molecular formula is C23H26N4O3S. The Labute approximate surface area is 185 Å². The first kappa shape index (κ1) is 20.2. The van der Waals surface area contributed by atoms with Gasteiger partial charge in [-0.3, -0.25) is 4.79 Å². The van der Waals surface area contributed by atoms with Crippen LogP contribution in [0, 0.1) is 13.8 Å². The van der Waals surface area contributed by atoms with Crippen LogP contribution in [-0.2, 0) is 13.6 Å².